The first kappa shape index (κ1) is 23.0. The zero-order valence-corrected chi connectivity index (χ0v) is 18.5. The first-order chi connectivity index (χ1) is 16.4. The second kappa shape index (κ2) is 10.2. The fourth-order valence-corrected chi connectivity index (χ4v) is 3.93. The molecule has 2 aliphatic rings. The highest BCUT2D eigenvalue weighted by Crippen LogP contribution is 2.31. The standard InChI is InChI=1S/C26H25N3O5/c27-26(28)21-11-8-19-12-29(13-22(19)25(21)32)14-23(30)18-6-9-20(10-7-18)33-16-24(31)34-15-17-4-2-1-3-5-17/h1-12,21-22H,13-16H2,(H3,27,28). The van der Waals surface area contributed by atoms with Crippen molar-refractivity contribution >= 4 is 23.4 Å². The lowest BCUT2D eigenvalue weighted by atomic mass is 9.83. The Balaban J connectivity index is 1.25. The van der Waals surface area contributed by atoms with E-state index in [1.165, 1.54) is 0 Å². The Kier molecular flexibility index (Phi) is 6.87. The van der Waals surface area contributed by atoms with Crippen molar-refractivity contribution in [2.24, 2.45) is 17.6 Å². The maximum absolute atomic E-state index is 12.7. The van der Waals surface area contributed by atoms with Gasteiger partial charge >= 0.3 is 5.97 Å². The van der Waals surface area contributed by atoms with Crippen LogP contribution in [0.2, 0.25) is 0 Å². The van der Waals surface area contributed by atoms with E-state index in [4.69, 9.17) is 20.6 Å². The third-order valence-electron chi connectivity index (χ3n) is 5.74. The normalized spacial score (nSPS) is 18.8. The summed E-state index contributed by atoms with van der Waals surface area (Å²) in [7, 11) is 0. The molecule has 0 fully saturated rings. The number of esters is 1. The van der Waals surface area contributed by atoms with Gasteiger partial charge in [0.25, 0.3) is 0 Å². The lowest BCUT2D eigenvalue weighted by Crippen LogP contribution is -2.37. The van der Waals surface area contributed by atoms with Gasteiger partial charge in [-0.2, -0.15) is 0 Å². The minimum atomic E-state index is -0.694. The van der Waals surface area contributed by atoms with E-state index in [1.54, 1.807) is 41.3 Å². The van der Waals surface area contributed by atoms with Crippen molar-refractivity contribution in [2.45, 2.75) is 6.61 Å². The summed E-state index contributed by atoms with van der Waals surface area (Å²) in [6.45, 7) is 0.463. The molecule has 1 aliphatic carbocycles. The Morgan fingerprint density at radius 3 is 2.53 bits per heavy atom. The highest BCUT2D eigenvalue weighted by molar-refractivity contribution is 6.07. The van der Waals surface area contributed by atoms with Crippen LogP contribution < -0.4 is 10.5 Å². The monoisotopic (exact) mass is 459 g/mol. The Labute approximate surface area is 197 Å². The highest BCUT2D eigenvalue weighted by Gasteiger charge is 2.37. The number of nitrogens with zero attached hydrogens (tertiary/aromatic N) is 1. The van der Waals surface area contributed by atoms with Crippen molar-refractivity contribution in [3.05, 3.63) is 89.6 Å². The lowest BCUT2D eigenvalue weighted by molar-refractivity contribution is -0.147. The number of Topliss-reactive ketones (excluding diaryl/α,β-unsaturated/α-hetero) is 2. The van der Waals surface area contributed by atoms with Gasteiger partial charge in [0.2, 0.25) is 0 Å². The van der Waals surface area contributed by atoms with E-state index < -0.39 is 11.9 Å². The summed E-state index contributed by atoms with van der Waals surface area (Å²) in [5.74, 6) is -1.48. The van der Waals surface area contributed by atoms with Gasteiger partial charge in [0, 0.05) is 18.3 Å². The van der Waals surface area contributed by atoms with E-state index >= 15 is 0 Å². The van der Waals surface area contributed by atoms with E-state index in [2.05, 4.69) is 0 Å². The average molecular weight is 460 g/mol. The van der Waals surface area contributed by atoms with E-state index in [-0.39, 0.29) is 43.1 Å². The van der Waals surface area contributed by atoms with Gasteiger partial charge in [-0.1, -0.05) is 42.5 Å². The molecule has 0 bridgehead atoms. The molecule has 2 aromatic carbocycles. The molecule has 2 atom stereocenters. The second-order valence-electron chi connectivity index (χ2n) is 8.19. The summed E-state index contributed by atoms with van der Waals surface area (Å²) in [6, 6.07) is 15.9. The molecule has 1 aliphatic heterocycles. The molecular formula is C26H25N3O5. The fraction of sp³-hybridized carbons (Fsp3) is 0.231. The minimum Gasteiger partial charge on any atom is -0.482 e. The van der Waals surface area contributed by atoms with Crippen molar-refractivity contribution in [1.29, 1.82) is 5.41 Å². The molecule has 174 valence electrons. The quantitative estimate of drug-likeness (QED) is 0.256. The Morgan fingerprint density at radius 1 is 1.09 bits per heavy atom. The SMILES string of the molecule is N=C(N)C1C=CC2=CN(CC(=O)c3ccc(OCC(=O)OCc4ccccc4)cc3)CC2C1=O. The summed E-state index contributed by atoms with van der Waals surface area (Å²) in [4.78, 5) is 38.9. The number of allylic oxidation sites excluding steroid dienone is 1. The first-order valence-electron chi connectivity index (χ1n) is 10.9. The van der Waals surface area contributed by atoms with Crippen LogP contribution >= 0.6 is 0 Å². The van der Waals surface area contributed by atoms with Gasteiger partial charge in [-0.05, 0) is 35.4 Å². The smallest absolute Gasteiger partial charge is 0.344 e. The molecular weight excluding hydrogens is 434 g/mol. The zero-order valence-electron chi connectivity index (χ0n) is 18.5. The summed E-state index contributed by atoms with van der Waals surface area (Å²) in [5, 5.41) is 7.56. The molecule has 8 heteroatoms. The number of ether oxygens (including phenoxy) is 2. The Morgan fingerprint density at radius 2 is 1.82 bits per heavy atom. The van der Waals surface area contributed by atoms with E-state index in [1.807, 2.05) is 36.5 Å². The van der Waals surface area contributed by atoms with Gasteiger partial charge < -0.3 is 20.1 Å². The molecule has 1 heterocycles. The number of hydrogen-bond acceptors (Lipinski definition) is 7. The van der Waals surface area contributed by atoms with Gasteiger partial charge in [-0.15, -0.1) is 0 Å². The molecule has 0 aromatic heterocycles. The molecule has 2 aromatic rings. The van der Waals surface area contributed by atoms with Crippen LogP contribution in [-0.2, 0) is 20.9 Å². The number of fused-ring (bicyclic) bond motifs is 1. The van der Waals surface area contributed by atoms with Crippen molar-refractivity contribution in [2.75, 3.05) is 19.7 Å². The predicted molar refractivity (Wildman–Crippen MR) is 125 cm³/mol. The van der Waals surface area contributed by atoms with Crippen LogP contribution in [0, 0.1) is 17.2 Å². The lowest BCUT2D eigenvalue weighted by Gasteiger charge is -2.22. The number of nitrogens with two attached hydrogens (primary N) is 1. The molecule has 34 heavy (non-hydrogen) atoms. The molecule has 8 nitrogen and oxygen atoms in total. The number of nitrogens with one attached hydrogen (secondary N) is 1. The largest absolute Gasteiger partial charge is 0.482 e. The van der Waals surface area contributed by atoms with E-state index in [0.29, 0.717) is 17.9 Å². The minimum absolute atomic E-state index is 0.108. The number of ketones is 2. The maximum Gasteiger partial charge on any atom is 0.344 e. The van der Waals surface area contributed by atoms with Crippen LogP contribution in [-0.4, -0.2) is 48.0 Å². The van der Waals surface area contributed by atoms with Gasteiger partial charge in [-0.25, -0.2) is 4.79 Å². The molecule has 0 saturated heterocycles. The van der Waals surface area contributed by atoms with Gasteiger partial charge in [0.1, 0.15) is 18.2 Å². The number of carbonyl (C=O) groups excluding carboxylic acids is 3. The zero-order chi connectivity index (χ0) is 24.1. The van der Waals surface area contributed by atoms with Crippen LogP contribution in [0.15, 0.2) is 78.5 Å². The summed E-state index contributed by atoms with van der Waals surface area (Å²) in [6.07, 6.45) is 5.25. The number of rotatable bonds is 9. The fourth-order valence-electron chi connectivity index (χ4n) is 3.93. The van der Waals surface area contributed by atoms with Crippen molar-refractivity contribution in [1.82, 2.24) is 4.90 Å². The molecule has 4 rings (SSSR count). The van der Waals surface area contributed by atoms with Gasteiger partial charge in [0.05, 0.1) is 18.4 Å². The van der Waals surface area contributed by atoms with Gasteiger partial charge in [0.15, 0.2) is 18.2 Å². The van der Waals surface area contributed by atoms with Crippen LogP contribution in [0.4, 0.5) is 0 Å². The third-order valence-corrected chi connectivity index (χ3v) is 5.74. The predicted octanol–water partition coefficient (Wildman–Crippen LogP) is 2.50. The topological polar surface area (TPSA) is 123 Å². The van der Waals surface area contributed by atoms with Crippen LogP contribution in [0.1, 0.15) is 15.9 Å². The summed E-state index contributed by atoms with van der Waals surface area (Å²) in [5.41, 5.74) is 7.73. The third kappa shape index (κ3) is 5.40. The molecule has 0 radical (unpaired) electrons. The molecule has 0 amide bonds. The van der Waals surface area contributed by atoms with Crippen LogP contribution in [0.25, 0.3) is 0 Å². The van der Waals surface area contributed by atoms with E-state index in [9.17, 15) is 14.4 Å². The second-order valence-corrected chi connectivity index (χ2v) is 8.19. The molecule has 2 unspecified atom stereocenters. The summed E-state index contributed by atoms with van der Waals surface area (Å²) >= 11 is 0. The van der Waals surface area contributed by atoms with Crippen molar-refractivity contribution < 1.29 is 23.9 Å². The van der Waals surface area contributed by atoms with Crippen molar-refractivity contribution in [3.8, 4) is 5.75 Å². The van der Waals surface area contributed by atoms with Crippen molar-refractivity contribution in [3.63, 3.8) is 0 Å². The number of carbonyl (C=O) groups is 3. The summed E-state index contributed by atoms with van der Waals surface area (Å²) < 4.78 is 10.6. The Bertz CT molecular complexity index is 1150. The molecule has 0 spiro atoms. The molecule has 0 saturated carbocycles. The van der Waals surface area contributed by atoms with Crippen LogP contribution in [0.3, 0.4) is 0 Å². The van der Waals surface area contributed by atoms with Crippen LogP contribution in [0.5, 0.6) is 5.75 Å². The number of hydrogen-bond donors (Lipinski definition) is 2. The first-order valence-corrected chi connectivity index (χ1v) is 10.9. The number of benzene rings is 2. The number of amidine groups is 1. The highest BCUT2D eigenvalue weighted by atomic mass is 16.6. The van der Waals surface area contributed by atoms with E-state index in [0.717, 1.165) is 11.1 Å². The Hall–Kier alpha value is -4.20. The molecule has 3 N–H and O–H groups in total. The van der Waals surface area contributed by atoms with Gasteiger partial charge in [-0.3, -0.25) is 15.0 Å². The average Bonchev–Trinajstić information content (AvgIpc) is 3.26. The maximum atomic E-state index is 12.7.